The van der Waals surface area contributed by atoms with Crippen LogP contribution in [0, 0.1) is 0 Å². The van der Waals surface area contributed by atoms with Gasteiger partial charge < -0.3 is 15.2 Å². The molecule has 148 valence electrons. The minimum atomic E-state index is -0.256. The summed E-state index contributed by atoms with van der Waals surface area (Å²) in [6.45, 7) is -0.0368. The molecule has 1 aliphatic heterocycles. The van der Waals surface area contributed by atoms with Crippen LogP contribution in [-0.4, -0.2) is 34.1 Å². The molecule has 30 heavy (non-hydrogen) atoms. The summed E-state index contributed by atoms with van der Waals surface area (Å²) in [5.74, 6) is 0.691. The average molecular weight is 414 g/mol. The third-order valence-corrected chi connectivity index (χ3v) is 6.00. The van der Waals surface area contributed by atoms with Gasteiger partial charge in [-0.15, -0.1) is 11.8 Å². The Bertz CT molecular complexity index is 1230. The Morgan fingerprint density at radius 3 is 2.70 bits per heavy atom. The lowest BCUT2D eigenvalue weighted by molar-refractivity contribution is -0.120. The number of carbonyl (C=O) groups is 2. The van der Waals surface area contributed by atoms with Crippen LogP contribution >= 0.6 is 11.8 Å². The predicted molar refractivity (Wildman–Crippen MR) is 120 cm³/mol. The summed E-state index contributed by atoms with van der Waals surface area (Å²) in [5, 5.41) is 2.95. The third kappa shape index (κ3) is 3.44. The van der Waals surface area contributed by atoms with E-state index in [9.17, 15) is 9.59 Å². The molecule has 2 amide bonds. The number of nitrogens with one attached hydrogen (secondary N) is 2. The number of anilines is 2. The average Bonchev–Trinajstić information content (AvgIpc) is 3.20. The van der Waals surface area contributed by atoms with Crippen molar-refractivity contribution in [3.63, 3.8) is 0 Å². The first-order valence-corrected chi connectivity index (χ1v) is 10.5. The molecule has 0 aliphatic carbocycles. The van der Waals surface area contributed by atoms with Crippen LogP contribution in [0.3, 0.4) is 0 Å². The highest BCUT2D eigenvalue weighted by atomic mass is 32.2. The smallest absolute Gasteiger partial charge is 0.244 e. The molecule has 2 heterocycles. The van der Waals surface area contributed by atoms with Crippen molar-refractivity contribution in [3.8, 4) is 11.4 Å². The number of thioether (sulfide) groups is 1. The first kappa shape index (κ1) is 18.4. The molecule has 4 aromatic rings. The van der Waals surface area contributed by atoms with Crippen LogP contribution < -0.4 is 10.2 Å². The molecule has 7 heteroatoms. The van der Waals surface area contributed by atoms with E-state index in [2.05, 4.69) is 15.3 Å². The molecule has 0 unspecified atom stereocenters. The molecule has 0 bridgehead atoms. The van der Waals surface area contributed by atoms with Crippen LogP contribution in [0.25, 0.3) is 22.4 Å². The van der Waals surface area contributed by atoms with Crippen molar-refractivity contribution < 1.29 is 9.59 Å². The van der Waals surface area contributed by atoms with Gasteiger partial charge in [0.25, 0.3) is 0 Å². The van der Waals surface area contributed by atoms with Crippen LogP contribution in [0.2, 0.25) is 0 Å². The van der Waals surface area contributed by atoms with E-state index in [1.54, 1.807) is 4.90 Å². The number of fused-ring (bicyclic) bond motifs is 2. The van der Waals surface area contributed by atoms with E-state index in [1.165, 1.54) is 11.8 Å². The summed E-state index contributed by atoms with van der Waals surface area (Å²) in [4.78, 5) is 35.8. The van der Waals surface area contributed by atoms with Crippen LogP contribution in [0.5, 0.6) is 0 Å². The minimum Gasteiger partial charge on any atom is -0.338 e. The molecule has 3 aromatic carbocycles. The molecule has 0 radical (unpaired) electrons. The second-order valence-corrected chi connectivity index (χ2v) is 7.95. The molecule has 0 atom stereocenters. The highest BCUT2D eigenvalue weighted by Gasteiger charge is 2.26. The summed E-state index contributed by atoms with van der Waals surface area (Å²) < 4.78 is 0. The van der Waals surface area contributed by atoms with E-state index >= 15 is 0 Å². The van der Waals surface area contributed by atoms with Crippen LogP contribution in [0.15, 0.2) is 77.7 Å². The van der Waals surface area contributed by atoms with Gasteiger partial charge in [-0.3, -0.25) is 9.59 Å². The Morgan fingerprint density at radius 2 is 1.80 bits per heavy atom. The molecule has 0 fully saturated rings. The predicted octanol–water partition coefficient (Wildman–Crippen LogP) is 4.31. The number of aromatic amines is 1. The fraction of sp³-hybridized carbons (Fsp3) is 0.0870. The van der Waals surface area contributed by atoms with E-state index in [0.29, 0.717) is 17.3 Å². The number of benzene rings is 3. The Morgan fingerprint density at radius 1 is 1.03 bits per heavy atom. The van der Waals surface area contributed by atoms with Gasteiger partial charge in [-0.1, -0.05) is 36.4 Å². The second kappa shape index (κ2) is 7.68. The monoisotopic (exact) mass is 414 g/mol. The number of imidazole rings is 1. The van der Waals surface area contributed by atoms with Crippen LogP contribution in [-0.2, 0) is 9.59 Å². The molecule has 2 N–H and O–H groups in total. The van der Waals surface area contributed by atoms with Crippen molar-refractivity contribution in [1.82, 2.24) is 9.97 Å². The summed E-state index contributed by atoms with van der Waals surface area (Å²) >= 11 is 1.50. The zero-order valence-electron chi connectivity index (χ0n) is 16.0. The first-order chi connectivity index (χ1) is 14.7. The first-order valence-electron chi connectivity index (χ1n) is 9.55. The number of para-hydroxylation sites is 4. The van der Waals surface area contributed by atoms with Crippen molar-refractivity contribution in [2.24, 2.45) is 0 Å². The quantitative estimate of drug-likeness (QED) is 0.522. The van der Waals surface area contributed by atoms with Crippen molar-refractivity contribution in [2.45, 2.75) is 4.90 Å². The second-order valence-electron chi connectivity index (χ2n) is 6.93. The normalized spacial score (nSPS) is 13.3. The molecule has 0 spiro atoms. The van der Waals surface area contributed by atoms with Gasteiger partial charge in [0, 0.05) is 10.5 Å². The van der Waals surface area contributed by atoms with Gasteiger partial charge in [0.1, 0.15) is 12.4 Å². The minimum absolute atomic E-state index is 0.0368. The number of aromatic nitrogens is 2. The number of nitrogens with zero attached hydrogens (tertiary/aromatic N) is 2. The maximum atomic E-state index is 12.8. The third-order valence-electron chi connectivity index (χ3n) is 4.96. The number of amides is 2. The molecule has 0 saturated carbocycles. The van der Waals surface area contributed by atoms with E-state index in [0.717, 1.165) is 27.2 Å². The van der Waals surface area contributed by atoms with Crippen molar-refractivity contribution in [1.29, 1.82) is 0 Å². The summed E-state index contributed by atoms with van der Waals surface area (Å²) in [7, 11) is 0. The number of carbonyl (C=O) groups excluding carboxylic acids is 2. The number of rotatable bonds is 4. The lowest BCUT2D eigenvalue weighted by Gasteiger charge is -2.28. The largest absolute Gasteiger partial charge is 0.338 e. The number of hydrogen-bond acceptors (Lipinski definition) is 4. The van der Waals surface area contributed by atoms with E-state index in [-0.39, 0.29) is 18.4 Å². The molecule has 1 aromatic heterocycles. The SMILES string of the molecule is O=C(CN1C(=O)CSc2ccccc21)Nc1ccccc1-c1nc2ccccc2[nH]1. The standard InChI is InChI=1S/C23H18N4O2S/c28-21(13-27-19-11-5-6-12-20(19)30-14-22(27)29)24-16-8-2-1-7-15(16)23-25-17-9-3-4-10-18(17)26-23/h1-12H,13-14H2,(H,24,28)(H,25,26). The van der Waals surface area contributed by atoms with Gasteiger partial charge in [0.05, 0.1) is 28.2 Å². The topological polar surface area (TPSA) is 78.1 Å². The molecule has 0 saturated heterocycles. The maximum absolute atomic E-state index is 12.8. The Kier molecular flexibility index (Phi) is 4.72. The zero-order chi connectivity index (χ0) is 20.5. The van der Waals surface area contributed by atoms with E-state index in [1.807, 2.05) is 72.8 Å². The fourth-order valence-corrected chi connectivity index (χ4v) is 4.48. The summed E-state index contributed by atoms with van der Waals surface area (Å²) in [5.41, 5.74) is 4.01. The molecular formula is C23H18N4O2S. The summed E-state index contributed by atoms with van der Waals surface area (Å²) in [6.07, 6.45) is 0. The van der Waals surface area contributed by atoms with Crippen molar-refractivity contribution in [3.05, 3.63) is 72.8 Å². The maximum Gasteiger partial charge on any atom is 0.244 e. The van der Waals surface area contributed by atoms with Gasteiger partial charge in [-0.25, -0.2) is 4.98 Å². The fourth-order valence-electron chi connectivity index (χ4n) is 3.54. The van der Waals surface area contributed by atoms with Crippen molar-refractivity contribution in [2.75, 3.05) is 22.5 Å². The van der Waals surface area contributed by atoms with Gasteiger partial charge in [-0.2, -0.15) is 0 Å². The van der Waals surface area contributed by atoms with E-state index in [4.69, 9.17) is 0 Å². The van der Waals surface area contributed by atoms with Gasteiger partial charge in [-0.05, 0) is 36.4 Å². The van der Waals surface area contributed by atoms with Crippen LogP contribution in [0.1, 0.15) is 0 Å². The van der Waals surface area contributed by atoms with E-state index < -0.39 is 0 Å². The lowest BCUT2D eigenvalue weighted by atomic mass is 10.1. The van der Waals surface area contributed by atoms with Gasteiger partial charge >= 0.3 is 0 Å². The highest BCUT2D eigenvalue weighted by molar-refractivity contribution is 8.00. The summed E-state index contributed by atoms with van der Waals surface area (Å²) in [6, 6.07) is 22.9. The van der Waals surface area contributed by atoms with Crippen molar-refractivity contribution >= 4 is 46.0 Å². The number of H-pyrrole nitrogens is 1. The van der Waals surface area contributed by atoms with Gasteiger partial charge in [0.15, 0.2) is 0 Å². The molecular weight excluding hydrogens is 396 g/mol. The molecule has 1 aliphatic rings. The molecule has 5 rings (SSSR count). The number of hydrogen-bond donors (Lipinski definition) is 2. The lowest BCUT2D eigenvalue weighted by Crippen LogP contribution is -2.41. The highest BCUT2D eigenvalue weighted by Crippen LogP contribution is 2.35. The Balaban J connectivity index is 1.40. The Labute approximate surface area is 177 Å². The van der Waals surface area contributed by atoms with Crippen LogP contribution in [0.4, 0.5) is 11.4 Å². The zero-order valence-corrected chi connectivity index (χ0v) is 16.8. The van der Waals surface area contributed by atoms with Gasteiger partial charge in [0.2, 0.25) is 11.8 Å². The molecule has 6 nitrogen and oxygen atoms in total. The Hall–Kier alpha value is -3.58.